The maximum Gasteiger partial charge on any atom is 0.403 e. The molecule has 1 N–H and O–H groups in total. The highest BCUT2D eigenvalue weighted by Crippen LogP contribution is 2.25. The fourth-order valence-corrected chi connectivity index (χ4v) is 2.21. The van der Waals surface area contributed by atoms with E-state index in [0.29, 0.717) is 18.4 Å². The molecule has 0 saturated heterocycles. The van der Waals surface area contributed by atoms with Crippen molar-refractivity contribution in [2.24, 2.45) is 0 Å². The molecule has 0 amide bonds. The van der Waals surface area contributed by atoms with Crippen molar-refractivity contribution in [3.63, 3.8) is 0 Å². The van der Waals surface area contributed by atoms with Gasteiger partial charge >= 0.3 is 6.18 Å². The third-order valence-corrected chi connectivity index (χ3v) is 3.25. The summed E-state index contributed by atoms with van der Waals surface area (Å²) in [5.41, 5.74) is 1.16. The first kappa shape index (κ1) is 16.2. The minimum absolute atomic E-state index is 0.0102. The topological polar surface area (TPSA) is 12.0 Å². The molecule has 0 saturated carbocycles. The number of hydrogen-bond donors (Lipinski definition) is 1. The van der Waals surface area contributed by atoms with Gasteiger partial charge in [0.05, 0.1) is 5.02 Å². The summed E-state index contributed by atoms with van der Waals surface area (Å²) in [6, 6.07) is 1.57. The summed E-state index contributed by atoms with van der Waals surface area (Å²) in [5.74, 6) is -0.478. The van der Waals surface area contributed by atoms with Crippen LogP contribution in [0.15, 0.2) is 12.1 Å². The monoisotopic (exact) mass is 297 g/mol. The Morgan fingerprint density at radius 2 is 1.95 bits per heavy atom. The summed E-state index contributed by atoms with van der Waals surface area (Å²) < 4.78 is 50.8. The third-order valence-electron chi connectivity index (χ3n) is 2.97. The maximum absolute atomic E-state index is 13.3. The van der Waals surface area contributed by atoms with Crippen LogP contribution in [-0.2, 0) is 6.42 Å². The Hall–Kier alpha value is -0.810. The molecule has 108 valence electrons. The standard InChI is InChI=1S/C13H16ClF4N/c1-8-6-9(7-10(14)12(8)15)4-3-5-11(19-2)13(16,17)18/h6-7,11,19H,3-5H2,1-2H3. The molecular formula is C13H16ClF4N. The van der Waals surface area contributed by atoms with Gasteiger partial charge in [-0.15, -0.1) is 0 Å². The molecule has 1 nitrogen and oxygen atoms in total. The lowest BCUT2D eigenvalue weighted by Crippen LogP contribution is -2.40. The van der Waals surface area contributed by atoms with Crippen LogP contribution >= 0.6 is 11.6 Å². The van der Waals surface area contributed by atoms with Gasteiger partial charge in [-0.2, -0.15) is 13.2 Å². The van der Waals surface area contributed by atoms with Crippen molar-refractivity contribution in [3.8, 4) is 0 Å². The van der Waals surface area contributed by atoms with Gasteiger partial charge in [0.25, 0.3) is 0 Å². The summed E-state index contributed by atoms with van der Waals surface area (Å²) in [6.45, 7) is 1.58. The van der Waals surface area contributed by atoms with Crippen LogP contribution in [0.3, 0.4) is 0 Å². The van der Waals surface area contributed by atoms with Gasteiger partial charge in [0.15, 0.2) is 0 Å². The van der Waals surface area contributed by atoms with Crippen molar-refractivity contribution in [2.45, 2.75) is 38.4 Å². The molecule has 0 fully saturated rings. The zero-order valence-electron chi connectivity index (χ0n) is 10.7. The van der Waals surface area contributed by atoms with E-state index in [9.17, 15) is 17.6 Å². The summed E-state index contributed by atoms with van der Waals surface area (Å²) >= 11 is 5.69. The first-order valence-electron chi connectivity index (χ1n) is 5.94. The summed E-state index contributed by atoms with van der Waals surface area (Å²) in [5, 5.41) is 2.26. The zero-order valence-corrected chi connectivity index (χ0v) is 11.5. The summed E-state index contributed by atoms with van der Waals surface area (Å²) in [4.78, 5) is 0. The van der Waals surface area contributed by atoms with Crippen molar-refractivity contribution in [1.82, 2.24) is 5.32 Å². The molecule has 0 aliphatic rings. The molecule has 0 aromatic heterocycles. The van der Waals surface area contributed by atoms with Crippen LogP contribution in [0.1, 0.15) is 24.0 Å². The molecule has 19 heavy (non-hydrogen) atoms. The number of benzene rings is 1. The van der Waals surface area contributed by atoms with Crippen LogP contribution in [-0.4, -0.2) is 19.3 Å². The van der Waals surface area contributed by atoms with Crippen molar-refractivity contribution < 1.29 is 17.6 Å². The van der Waals surface area contributed by atoms with Crippen LogP contribution in [0, 0.1) is 12.7 Å². The Balaban J connectivity index is 2.58. The Morgan fingerprint density at radius 1 is 1.32 bits per heavy atom. The van der Waals surface area contributed by atoms with Gasteiger partial charge in [0.2, 0.25) is 0 Å². The predicted molar refractivity (Wildman–Crippen MR) is 68.0 cm³/mol. The number of halogens is 5. The van der Waals surface area contributed by atoms with Crippen LogP contribution in [0.4, 0.5) is 17.6 Å². The van der Waals surface area contributed by atoms with Gasteiger partial charge in [0.1, 0.15) is 11.9 Å². The minimum atomic E-state index is -4.24. The predicted octanol–water partition coefficient (Wildman–Crippen LogP) is 4.26. The smallest absolute Gasteiger partial charge is 0.309 e. The van der Waals surface area contributed by atoms with E-state index < -0.39 is 18.0 Å². The first-order chi connectivity index (χ1) is 8.75. The molecule has 0 heterocycles. The van der Waals surface area contributed by atoms with Crippen LogP contribution in [0.5, 0.6) is 0 Å². The van der Waals surface area contributed by atoms with Crippen molar-refractivity contribution in [3.05, 3.63) is 34.1 Å². The van der Waals surface area contributed by atoms with E-state index in [1.54, 1.807) is 13.0 Å². The SMILES string of the molecule is CNC(CCCc1cc(C)c(F)c(Cl)c1)C(F)(F)F. The molecule has 0 radical (unpaired) electrons. The van der Waals surface area contributed by atoms with Crippen molar-refractivity contribution >= 4 is 11.6 Å². The molecule has 1 unspecified atom stereocenters. The average Bonchev–Trinajstić information content (AvgIpc) is 2.29. The molecule has 0 aliphatic heterocycles. The highest BCUT2D eigenvalue weighted by atomic mass is 35.5. The zero-order chi connectivity index (χ0) is 14.6. The second-order valence-corrected chi connectivity index (χ2v) is 4.89. The lowest BCUT2D eigenvalue weighted by atomic mass is 10.0. The minimum Gasteiger partial charge on any atom is -0.309 e. The van der Waals surface area contributed by atoms with Gasteiger partial charge in [-0.05, 0) is 50.4 Å². The Morgan fingerprint density at radius 3 is 2.42 bits per heavy atom. The summed E-state index contributed by atoms with van der Waals surface area (Å²) in [7, 11) is 1.29. The number of aryl methyl sites for hydroxylation is 2. The van der Waals surface area contributed by atoms with Crippen LogP contribution in [0.25, 0.3) is 0 Å². The van der Waals surface area contributed by atoms with E-state index in [2.05, 4.69) is 5.32 Å². The van der Waals surface area contributed by atoms with E-state index in [4.69, 9.17) is 11.6 Å². The second-order valence-electron chi connectivity index (χ2n) is 4.48. The van der Waals surface area contributed by atoms with E-state index >= 15 is 0 Å². The molecule has 6 heteroatoms. The van der Waals surface area contributed by atoms with Crippen molar-refractivity contribution in [2.75, 3.05) is 7.05 Å². The van der Waals surface area contributed by atoms with Gasteiger partial charge < -0.3 is 5.32 Å². The van der Waals surface area contributed by atoms with E-state index in [1.165, 1.54) is 13.1 Å². The van der Waals surface area contributed by atoms with Gasteiger partial charge in [-0.3, -0.25) is 0 Å². The number of alkyl halides is 3. The molecule has 1 rings (SSSR count). The van der Waals surface area contributed by atoms with E-state index in [-0.39, 0.29) is 11.4 Å². The molecule has 0 spiro atoms. The Labute approximate surface area is 115 Å². The molecular weight excluding hydrogens is 282 g/mol. The van der Waals surface area contributed by atoms with E-state index in [0.717, 1.165) is 5.56 Å². The summed E-state index contributed by atoms with van der Waals surface area (Å²) in [6.07, 6.45) is -3.47. The Kier molecular flexibility index (Phi) is 5.62. The second kappa shape index (κ2) is 6.57. The quantitative estimate of drug-likeness (QED) is 0.801. The van der Waals surface area contributed by atoms with Gasteiger partial charge in [-0.25, -0.2) is 4.39 Å². The van der Waals surface area contributed by atoms with E-state index in [1.807, 2.05) is 0 Å². The lowest BCUT2D eigenvalue weighted by molar-refractivity contribution is -0.156. The average molecular weight is 298 g/mol. The number of nitrogens with one attached hydrogen (secondary N) is 1. The normalized spacial score (nSPS) is 13.6. The molecule has 1 aromatic rings. The maximum atomic E-state index is 13.3. The van der Waals surface area contributed by atoms with Crippen LogP contribution in [0.2, 0.25) is 5.02 Å². The van der Waals surface area contributed by atoms with Gasteiger partial charge in [0, 0.05) is 0 Å². The molecule has 0 bridgehead atoms. The van der Waals surface area contributed by atoms with Crippen molar-refractivity contribution in [1.29, 1.82) is 0 Å². The Bertz CT molecular complexity index is 408. The fraction of sp³-hybridized carbons (Fsp3) is 0.538. The highest BCUT2D eigenvalue weighted by molar-refractivity contribution is 6.30. The lowest BCUT2D eigenvalue weighted by Gasteiger charge is -2.19. The molecule has 1 aromatic carbocycles. The van der Waals surface area contributed by atoms with Crippen LogP contribution < -0.4 is 5.32 Å². The highest BCUT2D eigenvalue weighted by Gasteiger charge is 2.37. The third kappa shape index (κ3) is 4.66. The first-order valence-corrected chi connectivity index (χ1v) is 6.32. The molecule has 0 aliphatic carbocycles. The molecule has 1 atom stereocenters. The number of rotatable bonds is 5. The fourth-order valence-electron chi connectivity index (χ4n) is 1.92. The number of hydrogen-bond acceptors (Lipinski definition) is 1. The largest absolute Gasteiger partial charge is 0.403 e. The van der Waals surface area contributed by atoms with Gasteiger partial charge in [-0.1, -0.05) is 17.7 Å².